The van der Waals surface area contributed by atoms with Gasteiger partial charge in [0, 0.05) is 4.88 Å². The first-order chi connectivity index (χ1) is 9.98. The minimum atomic E-state index is -4.94. The van der Waals surface area contributed by atoms with Crippen LogP contribution in [0.5, 0.6) is 0 Å². The fraction of sp³-hybridized carbons (Fsp3) is 0.538. The number of hydrogen-bond donors (Lipinski definition) is 3. The highest BCUT2D eigenvalue weighted by atomic mass is 32.1. The number of nitrogens with one attached hydrogen (secondary N) is 2. The highest BCUT2D eigenvalue weighted by Gasteiger charge is 2.51. The Labute approximate surface area is 129 Å². The summed E-state index contributed by atoms with van der Waals surface area (Å²) in [5.74, 6) is -1.76. The van der Waals surface area contributed by atoms with Crippen LogP contribution >= 0.6 is 11.3 Å². The SMILES string of the molecule is CCc1sc(C(=O)NNC(=O)C[C@@](C)(O)C(F)(F)F)cc1C. The van der Waals surface area contributed by atoms with Crippen LogP contribution in [0.1, 0.15) is 40.4 Å². The average Bonchev–Trinajstić information content (AvgIpc) is 2.75. The van der Waals surface area contributed by atoms with Gasteiger partial charge in [0.15, 0.2) is 5.60 Å². The summed E-state index contributed by atoms with van der Waals surface area (Å²) in [6.45, 7) is 4.26. The van der Waals surface area contributed by atoms with E-state index in [2.05, 4.69) is 0 Å². The number of amides is 2. The highest BCUT2D eigenvalue weighted by Crippen LogP contribution is 2.32. The van der Waals surface area contributed by atoms with E-state index in [4.69, 9.17) is 0 Å². The van der Waals surface area contributed by atoms with Crippen molar-refractivity contribution in [2.45, 2.75) is 45.4 Å². The lowest BCUT2D eigenvalue weighted by atomic mass is 10.0. The molecule has 0 aliphatic heterocycles. The van der Waals surface area contributed by atoms with Crippen molar-refractivity contribution in [3.63, 3.8) is 0 Å². The fourth-order valence-electron chi connectivity index (χ4n) is 1.63. The molecule has 2 amide bonds. The van der Waals surface area contributed by atoms with Crippen LogP contribution < -0.4 is 10.9 Å². The molecule has 1 atom stereocenters. The van der Waals surface area contributed by atoms with Crippen LogP contribution in [0.3, 0.4) is 0 Å². The molecule has 1 rings (SSSR count). The number of carbonyl (C=O) groups excluding carboxylic acids is 2. The number of aryl methyl sites for hydroxylation is 2. The number of carbonyl (C=O) groups is 2. The van der Waals surface area contributed by atoms with E-state index in [-0.39, 0.29) is 0 Å². The maximum Gasteiger partial charge on any atom is 0.417 e. The quantitative estimate of drug-likeness (QED) is 0.736. The van der Waals surface area contributed by atoms with Crippen molar-refractivity contribution in [3.8, 4) is 0 Å². The first kappa shape index (κ1) is 18.4. The first-order valence-corrected chi connectivity index (χ1v) is 7.27. The fourth-order valence-corrected chi connectivity index (χ4v) is 2.64. The van der Waals surface area contributed by atoms with Crippen LogP contribution in [-0.2, 0) is 11.2 Å². The van der Waals surface area contributed by atoms with Crippen molar-refractivity contribution in [1.82, 2.24) is 10.9 Å². The van der Waals surface area contributed by atoms with Gasteiger partial charge in [-0.05, 0) is 31.9 Å². The second-order valence-corrected chi connectivity index (χ2v) is 6.16. The molecule has 0 unspecified atom stereocenters. The number of hydrazine groups is 1. The molecule has 1 aromatic heterocycles. The van der Waals surface area contributed by atoms with E-state index < -0.39 is 30.0 Å². The highest BCUT2D eigenvalue weighted by molar-refractivity contribution is 7.14. The summed E-state index contributed by atoms with van der Waals surface area (Å²) >= 11 is 1.24. The lowest BCUT2D eigenvalue weighted by Gasteiger charge is -2.25. The van der Waals surface area contributed by atoms with E-state index >= 15 is 0 Å². The molecule has 0 spiro atoms. The van der Waals surface area contributed by atoms with Crippen LogP contribution in [-0.4, -0.2) is 28.7 Å². The van der Waals surface area contributed by atoms with Crippen LogP contribution in [0.2, 0.25) is 0 Å². The van der Waals surface area contributed by atoms with Crippen molar-refractivity contribution >= 4 is 23.2 Å². The second kappa shape index (κ2) is 6.66. The minimum absolute atomic E-state index is 0.345. The molecule has 0 bridgehead atoms. The first-order valence-electron chi connectivity index (χ1n) is 6.45. The molecule has 0 aliphatic rings. The third kappa shape index (κ3) is 4.44. The van der Waals surface area contributed by atoms with Gasteiger partial charge >= 0.3 is 6.18 Å². The van der Waals surface area contributed by atoms with E-state index in [1.165, 1.54) is 11.3 Å². The molecule has 0 fully saturated rings. The van der Waals surface area contributed by atoms with E-state index in [9.17, 15) is 27.9 Å². The second-order valence-electron chi connectivity index (χ2n) is 5.02. The Morgan fingerprint density at radius 2 is 1.91 bits per heavy atom. The maximum atomic E-state index is 12.4. The van der Waals surface area contributed by atoms with Gasteiger partial charge in [-0.15, -0.1) is 11.3 Å². The third-order valence-corrected chi connectivity index (χ3v) is 4.38. The molecule has 0 aliphatic carbocycles. The Hall–Kier alpha value is -1.61. The predicted octanol–water partition coefficient (Wildman–Crippen LogP) is 2.08. The summed E-state index contributed by atoms with van der Waals surface area (Å²) in [6.07, 6.45) is -5.39. The smallest absolute Gasteiger partial charge is 0.380 e. The summed E-state index contributed by atoms with van der Waals surface area (Å²) in [5.41, 5.74) is 1.67. The number of rotatable bonds is 4. The molecular formula is C13H17F3N2O3S. The van der Waals surface area contributed by atoms with Gasteiger partial charge in [0.05, 0.1) is 11.3 Å². The van der Waals surface area contributed by atoms with Crippen LogP contribution in [0, 0.1) is 6.92 Å². The van der Waals surface area contributed by atoms with Crippen molar-refractivity contribution in [2.24, 2.45) is 0 Å². The number of alkyl halides is 3. The zero-order valence-electron chi connectivity index (χ0n) is 12.3. The zero-order valence-corrected chi connectivity index (χ0v) is 13.1. The number of aliphatic hydroxyl groups is 1. The molecule has 22 heavy (non-hydrogen) atoms. The molecule has 124 valence electrons. The van der Waals surface area contributed by atoms with Crippen LogP contribution in [0.4, 0.5) is 13.2 Å². The molecule has 0 saturated carbocycles. The molecule has 9 heteroatoms. The summed E-state index contributed by atoms with van der Waals surface area (Å²) in [4.78, 5) is 24.5. The Morgan fingerprint density at radius 3 is 2.36 bits per heavy atom. The Morgan fingerprint density at radius 1 is 1.32 bits per heavy atom. The van der Waals surface area contributed by atoms with Gasteiger partial charge < -0.3 is 5.11 Å². The molecule has 0 radical (unpaired) electrons. The van der Waals surface area contributed by atoms with E-state index in [0.29, 0.717) is 11.8 Å². The molecule has 0 saturated heterocycles. The summed E-state index contributed by atoms with van der Waals surface area (Å²) in [6, 6.07) is 1.64. The standard InChI is InChI=1S/C13H17F3N2O3S/c1-4-8-7(2)5-9(22-8)11(20)18-17-10(19)6-12(3,21)13(14,15)16/h5,21H,4,6H2,1-3H3,(H,17,19)(H,18,20)/t12-/m1/s1. The van der Waals surface area contributed by atoms with Gasteiger partial charge in [0.25, 0.3) is 5.91 Å². The summed E-state index contributed by atoms with van der Waals surface area (Å²) < 4.78 is 37.3. The topological polar surface area (TPSA) is 78.4 Å². The maximum absolute atomic E-state index is 12.4. The molecule has 1 aromatic rings. The van der Waals surface area contributed by atoms with Gasteiger partial charge in [-0.3, -0.25) is 20.4 Å². The van der Waals surface area contributed by atoms with Crippen molar-refractivity contribution < 1.29 is 27.9 Å². The van der Waals surface area contributed by atoms with Gasteiger partial charge in [-0.25, -0.2) is 0 Å². The van der Waals surface area contributed by atoms with Gasteiger partial charge in [0.2, 0.25) is 5.91 Å². The average molecular weight is 338 g/mol. The van der Waals surface area contributed by atoms with E-state index in [1.807, 2.05) is 24.7 Å². The summed E-state index contributed by atoms with van der Waals surface area (Å²) in [5, 5.41) is 9.18. The Balaban J connectivity index is 2.59. The van der Waals surface area contributed by atoms with Crippen molar-refractivity contribution in [3.05, 3.63) is 21.4 Å². The largest absolute Gasteiger partial charge is 0.417 e. The minimum Gasteiger partial charge on any atom is -0.380 e. The monoisotopic (exact) mass is 338 g/mol. The zero-order chi connectivity index (χ0) is 17.1. The molecule has 0 aromatic carbocycles. The lowest BCUT2D eigenvalue weighted by molar-refractivity contribution is -0.253. The van der Waals surface area contributed by atoms with Crippen molar-refractivity contribution in [2.75, 3.05) is 0 Å². The Kier molecular flexibility index (Phi) is 5.58. The van der Waals surface area contributed by atoms with E-state index in [1.54, 1.807) is 6.07 Å². The van der Waals surface area contributed by atoms with Gasteiger partial charge in [-0.1, -0.05) is 6.92 Å². The molecule has 3 N–H and O–H groups in total. The lowest BCUT2D eigenvalue weighted by Crippen LogP contribution is -2.49. The van der Waals surface area contributed by atoms with E-state index in [0.717, 1.165) is 16.9 Å². The predicted molar refractivity (Wildman–Crippen MR) is 75.3 cm³/mol. The molecular weight excluding hydrogens is 321 g/mol. The third-order valence-electron chi connectivity index (χ3n) is 3.00. The summed E-state index contributed by atoms with van der Waals surface area (Å²) in [7, 11) is 0. The van der Waals surface area contributed by atoms with Crippen LogP contribution in [0.25, 0.3) is 0 Å². The van der Waals surface area contributed by atoms with Gasteiger partial charge in [-0.2, -0.15) is 13.2 Å². The number of halogens is 3. The van der Waals surface area contributed by atoms with Crippen LogP contribution in [0.15, 0.2) is 6.07 Å². The molecule has 1 heterocycles. The number of thiophene rings is 1. The van der Waals surface area contributed by atoms with Crippen molar-refractivity contribution in [1.29, 1.82) is 0 Å². The number of hydrogen-bond acceptors (Lipinski definition) is 4. The Bertz CT molecular complexity index is 567. The normalized spacial score (nSPS) is 14.3. The molecule has 5 nitrogen and oxygen atoms in total. The van der Waals surface area contributed by atoms with Gasteiger partial charge in [0.1, 0.15) is 0 Å².